The highest BCUT2D eigenvalue weighted by Crippen LogP contribution is 2.65. The molecule has 9 heteroatoms. The summed E-state index contributed by atoms with van der Waals surface area (Å²) in [6.45, 7) is 3.03. The summed E-state index contributed by atoms with van der Waals surface area (Å²) >= 11 is 19.4. The standard InChI is InChI=1S/C30H21Cl3F4N2/c1-28(17-9-13-19(31)14-10-17)30(18-11-15-20(32)16-12-18,26-23(36)7-4-8-24(26)37)27(29(2,33)39-38-28)25-21(34)5-3-6-22(25)35/h3-16,27H,1-2H3. The summed E-state index contributed by atoms with van der Waals surface area (Å²) in [5, 5.41) is 9.68. The highest BCUT2D eigenvalue weighted by atomic mass is 35.5. The van der Waals surface area contributed by atoms with Gasteiger partial charge in [0.15, 0.2) is 5.00 Å². The molecule has 1 aliphatic heterocycles. The lowest BCUT2D eigenvalue weighted by Gasteiger charge is -2.56. The Labute approximate surface area is 238 Å². The van der Waals surface area contributed by atoms with Crippen molar-refractivity contribution in [1.29, 1.82) is 0 Å². The minimum Gasteiger partial charge on any atom is -0.207 e. The second kappa shape index (κ2) is 9.92. The van der Waals surface area contributed by atoms with Crippen LogP contribution in [0, 0.1) is 23.3 Å². The summed E-state index contributed by atoms with van der Waals surface area (Å²) in [5.41, 5.74) is -3.91. The fourth-order valence-electron chi connectivity index (χ4n) is 5.90. The fraction of sp³-hybridized carbons (Fsp3) is 0.200. The Morgan fingerprint density at radius 2 is 1.05 bits per heavy atom. The maximum absolute atomic E-state index is 16.1. The zero-order valence-electron chi connectivity index (χ0n) is 20.7. The monoisotopic (exact) mass is 590 g/mol. The van der Waals surface area contributed by atoms with E-state index in [0.29, 0.717) is 15.6 Å². The van der Waals surface area contributed by atoms with E-state index in [2.05, 4.69) is 10.2 Å². The van der Waals surface area contributed by atoms with E-state index >= 15 is 17.6 Å². The van der Waals surface area contributed by atoms with Crippen molar-refractivity contribution in [3.8, 4) is 0 Å². The number of halogens is 7. The van der Waals surface area contributed by atoms with Gasteiger partial charge in [-0.1, -0.05) is 71.2 Å². The number of azo groups is 1. The molecule has 0 aromatic heterocycles. The number of hydrogen-bond acceptors (Lipinski definition) is 2. The van der Waals surface area contributed by atoms with Crippen LogP contribution in [0.1, 0.15) is 42.0 Å². The van der Waals surface area contributed by atoms with Crippen LogP contribution in [0.2, 0.25) is 10.0 Å². The highest BCUT2D eigenvalue weighted by Gasteiger charge is 2.67. The Morgan fingerprint density at radius 3 is 1.54 bits per heavy atom. The molecule has 0 amide bonds. The maximum atomic E-state index is 16.1. The van der Waals surface area contributed by atoms with Gasteiger partial charge in [0, 0.05) is 27.1 Å². The molecule has 39 heavy (non-hydrogen) atoms. The van der Waals surface area contributed by atoms with Crippen molar-refractivity contribution in [2.75, 3.05) is 0 Å². The van der Waals surface area contributed by atoms with E-state index in [1.165, 1.54) is 31.2 Å². The van der Waals surface area contributed by atoms with Gasteiger partial charge >= 0.3 is 0 Å². The van der Waals surface area contributed by atoms with Crippen molar-refractivity contribution in [2.24, 2.45) is 10.2 Å². The molecule has 4 unspecified atom stereocenters. The Morgan fingerprint density at radius 1 is 0.615 bits per heavy atom. The number of nitrogens with zero attached hydrogens (tertiary/aromatic N) is 2. The molecule has 5 rings (SSSR count). The van der Waals surface area contributed by atoms with Crippen LogP contribution in [0.15, 0.2) is 95.2 Å². The average Bonchev–Trinajstić information content (AvgIpc) is 2.88. The van der Waals surface area contributed by atoms with E-state index in [4.69, 9.17) is 34.8 Å². The number of benzene rings is 4. The normalized spacial score (nSPS) is 26.5. The molecule has 4 aromatic carbocycles. The summed E-state index contributed by atoms with van der Waals surface area (Å²) in [7, 11) is 0. The van der Waals surface area contributed by atoms with Crippen LogP contribution in [-0.4, -0.2) is 5.00 Å². The average molecular weight is 592 g/mol. The lowest BCUT2D eigenvalue weighted by atomic mass is 9.50. The molecule has 0 fully saturated rings. The minimum absolute atomic E-state index is 0.270. The lowest BCUT2D eigenvalue weighted by molar-refractivity contribution is 0.146. The number of hydrogen-bond donors (Lipinski definition) is 0. The summed E-state index contributed by atoms with van der Waals surface area (Å²) < 4.78 is 63.7. The summed E-state index contributed by atoms with van der Waals surface area (Å²) in [4.78, 5) is -1.86. The zero-order chi connectivity index (χ0) is 28.2. The van der Waals surface area contributed by atoms with Crippen LogP contribution in [0.4, 0.5) is 17.6 Å². The summed E-state index contributed by atoms with van der Waals surface area (Å²) in [6.07, 6.45) is 0. The van der Waals surface area contributed by atoms with Gasteiger partial charge in [0.2, 0.25) is 0 Å². The molecule has 0 spiro atoms. The van der Waals surface area contributed by atoms with Crippen LogP contribution in [0.5, 0.6) is 0 Å². The van der Waals surface area contributed by atoms with Gasteiger partial charge < -0.3 is 0 Å². The van der Waals surface area contributed by atoms with E-state index in [1.54, 1.807) is 43.3 Å². The molecule has 0 saturated heterocycles. The van der Waals surface area contributed by atoms with Gasteiger partial charge in [-0.15, -0.1) is 0 Å². The maximum Gasteiger partial charge on any atom is 0.160 e. The van der Waals surface area contributed by atoms with Gasteiger partial charge in [0.25, 0.3) is 0 Å². The van der Waals surface area contributed by atoms with Crippen LogP contribution in [0.25, 0.3) is 0 Å². The largest absolute Gasteiger partial charge is 0.207 e. The second-order valence-electron chi connectivity index (χ2n) is 9.78. The molecule has 4 aromatic rings. The molecule has 1 aliphatic rings. The second-order valence-corrected chi connectivity index (χ2v) is 11.4. The molecule has 0 saturated carbocycles. The van der Waals surface area contributed by atoms with E-state index in [9.17, 15) is 0 Å². The van der Waals surface area contributed by atoms with Crippen molar-refractivity contribution in [1.82, 2.24) is 0 Å². The molecular weight excluding hydrogens is 571 g/mol. The molecule has 1 heterocycles. The molecule has 0 radical (unpaired) electrons. The molecular formula is C30H21Cl3F4N2. The van der Waals surface area contributed by atoms with E-state index in [0.717, 1.165) is 24.3 Å². The first kappa shape index (κ1) is 27.6. The van der Waals surface area contributed by atoms with Crippen molar-refractivity contribution in [3.63, 3.8) is 0 Å². The van der Waals surface area contributed by atoms with Crippen LogP contribution in [0.3, 0.4) is 0 Å². The fourth-order valence-corrected chi connectivity index (χ4v) is 6.47. The first-order valence-corrected chi connectivity index (χ1v) is 13.1. The summed E-state index contributed by atoms with van der Waals surface area (Å²) in [5.74, 6) is -5.30. The molecule has 4 atom stereocenters. The lowest BCUT2D eigenvalue weighted by Crippen LogP contribution is -2.59. The predicted molar refractivity (Wildman–Crippen MR) is 146 cm³/mol. The Hall–Kier alpha value is -2.93. The van der Waals surface area contributed by atoms with Crippen molar-refractivity contribution in [2.45, 2.75) is 35.7 Å². The summed E-state index contributed by atoms with van der Waals surface area (Å²) in [6, 6.07) is 19.4. The Bertz CT molecular complexity index is 1530. The third-order valence-corrected chi connectivity index (χ3v) is 8.32. The Balaban J connectivity index is 2.08. The number of alkyl halides is 1. The Kier molecular flexibility index (Phi) is 7.03. The zero-order valence-corrected chi connectivity index (χ0v) is 23.0. The SMILES string of the molecule is CC1(Cl)N=NC(C)(c2ccc(Cl)cc2)C(c2ccc(Cl)cc2)(c2c(F)cccc2F)C1c1c(F)cccc1F. The van der Waals surface area contributed by atoms with Gasteiger partial charge in [0.1, 0.15) is 28.8 Å². The smallest absolute Gasteiger partial charge is 0.160 e. The first-order valence-electron chi connectivity index (χ1n) is 12.0. The molecule has 0 aliphatic carbocycles. The van der Waals surface area contributed by atoms with Crippen LogP contribution >= 0.6 is 34.8 Å². The number of rotatable bonds is 4. The minimum atomic E-state index is -2.00. The topological polar surface area (TPSA) is 24.7 Å². The van der Waals surface area contributed by atoms with E-state index < -0.39 is 56.3 Å². The third-order valence-electron chi connectivity index (χ3n) is 7.52. The van der Waals surface area contributed by atoms with Crippen molar-refractivity contribution < 1.29 is 17.6 Å². The van der Waals surface area contributed by atoms with Crippen LogP contribution < -0.4 is 0 Å². The highest BCUT2D eigenvalue weighted by molar-refractivity contribution is 6.30. The van der Waals surface area contributed by atoms with Crippen molar-refractivity contribution >= 4 is 34.8 Å². The van der Waals surface area contributed by atoms with Gasteiger partial charge in [-0.3, -0.25) is 0 Å². The van der Waals surface area contributed by atoms with Gasteiger partial charge in [-0.05, 0) is 73.5 Å². The molecule has 0 N–H and O–H groups in total. The van der Waals surface area contributed by atoms with E-state index in [1.807, 2.05) is 0 Å². The van der Waals surface area contributed by atoms with Gasteiger partial charge in [-0.2, -0.15) is 10.2 Å². The molecule has 0 bridgehead atoms. The van der Waals surface area contributed by atoms with Crippen molar-refractivity contribution in [3.05, 3.63) is 140 Å². The van der Waals surface area contributed by atoms with Crippen LogP contribution in [-0.2, 0) is 11.0 Å². The molecule has 2 nitrogen and oxygen atoms in total. The quantitative estimate of drug-likeness (QED) is 0.128. The van der Waals surface area contributed by atoms with Gasteiger partial charge in [-0.25, -0.2) is 17.6 Å². The first-order chi connectivity index (χ1) is 18.4. The molecule has 200 valence electrons. The van der Waals surface area contributed by atoms with E-state index in [-0.39, 0.29) is 5.56 Å². The van der Waals surface area contributed by atoms with Gasteiger partial charge in [0.05, 0.1) is 5.41 Å². The predicted octanol–water partition coefficient (Wildman–Crippen LogP) is 9.96. The third kappa shape index (κ3) is 4.24.